The number of nitrogens with one attached hydrogen (secondary N) is 1. The molecule has 0 unspecified atom stereocenters. The van der Waals surface area contributed by atoms with Crippen molar-refractivity contribution in [2.45, 2.75) is 13.5 Å². The number of aromatic amines is 1. The number of morpholine rings is 1. The Kier molecular flexibility index (Phi) is 5.56. The topological polar surface area (TPSA) is 107 Å². The van der Waals surface area contributed by atoms with E-state index in [9.17, 15) is 9.90 Å². The van der Waals surface area contributed by atoms with Crippen molar-refractivity contribution in [1.82, 2.24) is 24.8 Å². The third-order valence-corrected chi connectivity index (χ3v) is 3.95. The van der Waals surface area contributed by atoms with E-state index in [1.165, 1.54) is 12.4 Å². The molecule has 2 aromatic rings. The van der Waals surface area contributed by atoms with Gasteiger partial charge in [-0.3, -0.25) is 4.79 Å². The van der Waals surface area contributed by atoms with E-state index in [1.807, 2.05) is 11.8 Å². The monoisotopic (exact) mass is 346 g/mol. The summed E-state index contributed by atoms with van der Waals surface area (Å²) in [6, 6.07) is 0. The van der Waals surface area contributed by atoms with Crippen LogP contribution in [0.4, 0.5) is 5.95 Å². The minimum absolute atomic E-state index is 0.119. The summed E-state index contributed by atoms with van der Waals surface area (Å²) in [5.74, 6) is 1.15. The van der Waals surface area contributed by atoms with Crippen molar-refractivity contribution >= 4 is 11.9 Å². The van der Waals surface area contributed by atoms with E-state index in [0.717, 1.165) is 24.6 Å². The van der Waals surface area contributed by atoms with Gasteiger partial charge in [-0.1, -0.05) is 0 Å². The number of amides is 1. The SMILES string of the molecule is Cc1ncc(CN(CCO)C(=O)c2cnc(N3CCOCC3)nc2)[nH]1. The Hall–Kier alpha value is -2.52. The number of carbonyl (C=O) groups is 1. The van der Waals surface area contributed by atoms with Crippen LogP contribution in [0.2, 0.25) is 0 Å². The first-order chi connectivity index (χ1) is 12.2. The Morgan fingerprint density at radius 3 is 2.60 bits per heavy atom. The third-order valence-electron chi connectivity index (χ3n) is 3.95. The molecular weight excluding hydrogens is 324 g/mol. The second-order valence-electron chi connectivity index (χ2n) is 5.82. The standard InChI is InChI=1S/C16H22N6O3/c1-12-17-10-14(20-12)11-22(2-5-23)15(24)13-8-18-16(19-9-13)21-3-6-25-7-4-21/h8-10,23H,2-7,11H2,1H3,(H,17,20). The lowest BCUT2D eigenvalue weighted by atomic mass is 10.2. The molecule has 9 heteroatoms. The van der Waals surface area contributed by atoms with E-state index >= 15 is 0 Å². The molecule has 1 aliphatic heterocycles. The minimum atomic E-state index is -0.227. The van der Waals surface area contributed by atoms with Crippen LogP contribution in [-0.4, -0.2) is 75.3 Å². The highest BCUT2D eigenvalue weighted by molar-refractivity contribution is 5.93. The molecule has 3 rings (SSSR count). The Morgan fingerprint density at radius 1 is 1.28 bits per heavy atom. The molecule has 9 nitrogen and oxygen atoms in total. The van der Waals surface area contributed by atoms with Crippen LogP contribution in [0.1, 0.15) is 21.9 Å². The fourth-order valence-electron chi connectivity index (χ4n) is 2.67. The zero-order valence-corrected chi connectivity index (χ0v) is 14.2. The summed E-state index contributed by atoms with van der Waals surface area (Å²) in [7, 11) is 0. The van der Waals surface area contributed by atoms with Gasteiger partial charge < -0.3 is 24.6 Å². The van der Waals surface area contributed by atoms with Gasteiger partial charge in [0, 0.05) is 32.0 Å². The van der Waals surface area contributed by atoms with E-state index in [1.54, 1.807) is 11.1 Å². The molecule has 0 aromatic carbocycles. The molecule has 0 aliphatic carbocycles. The number of aryl methyl sites for hydroxylation is 1. The van der Waals surface area contributed by atoms with Gasteiger partial charge in [0.2, 0.25) is 5.95 Å². The van der Waals surface area contributed by atoms with Crippen LogP contribution in [0.3, 0.4) is 0 Å². The first-order valence-corrected chi connectivity index (χ1v) is 8.22. The van der Waals surface area contributed by atoms with Crippen LogP contribution >= 0.6 is 0 Å². The van der Waals surface area contributed by atoms with Gasteiger partial charge in [0.25, 0.3) is 5.91 Å². The number of rotatable bonds is 6. The average Bonchev–Trinajstić information content (AvgIpc) is 3.06. The lowest BCUT2D eigenvalue weighted by Gasteiger charge is -2.26. The van der Waals surface area contributed by atoms with Gasteiger partial charge in [0.1, 0.15) is 5.82 Å². The molecule has 25 heavy (non-hydrogen) atoms. The Balaban J connectivity index is 1.70. The highest BCUT2D eigenvalue weighted by Crippen LogP contribution is 2.12. The number of nitrogens with zero attached hydrogens (tertiary/aromatic N) is 5. The van der Waals surface area contributed by atoms with Crippen LogP contribution in [0.25, 0.3) is 0 Å². The van der Waals surface area contributed by atoms with E-state index in [2.05, 4.69) is 19.9 Å². The zero-order valence-electron chi connectivity index (χ0n) is 14.2. The summed E-state index contributed by atoms with van der Waals surface area (Å²) >= 11 is 0. The number of aliphatic hydroxyl groups is 1. The van der Waals surface area contributed by atoms with Crippen molar-refractivity contribution in [2.24, 2.45) is 0 Å². The van der Waals surface area contributed by atoms with Crippen LogP contribution in [-0.2, 0) is 11.3 Å². The summed E-state index contributed by atoms with van der Waals surface area (Å²) in [5, 5.41) is 9.26. The van der Waals surface area contributed by atoms with Crippen molar-refractivity contribution in [1.29, 1.82) is 0 Å². The summed E-state index contributed by atoms with van der Waals surface area (Å²) in [4.78, 5) is 32.1. The minimum Gasteiger partial charge on any atom is -0.395 e. The van der Waals surface area contributed by atoms with E-state index < -0.39 is 0 Å². The van der Waals surface area contributed by atoms with E-state index in [-0.39, 0.29) is 19.1 Å². The third kappa shape index (κ3) is 4.31. The number of aliphatic hydroxyl groups excluding tert-OH is 1. The molecule has 1 saturated heterocycles. The summed E-state index contributed by atoms with van der Waals surface area (Å²) < 4.78 is 5.31. The molecule has 0 bridgehead atoms. The molecule has 0 saturated carbocycles. The molecule has 0 atom stereocenters. The maximum Gasteiger partial charge on any atom is 0.257 e. The molecule has 2 N–H and O–H groups in total. The Labute approximate surface area is 145 Å². The summed E-state index contributed by atoms with van der Waals surface area (Å²) in [5.41, 5.74) is 1.20. The van der Waals surface area contributed by atoms with Crippen LogP contribution in [0, 0.1) is 6.92 Å². The van der Waals surface area contributed by atoms with Crippen LogP contribution in [0.5, 0.6) is 0 Å². The first-order valence-electron chi connectivity index (χ1n) is 8.22. The van der Waals surface area contributed by atoms with Crippen LogP contribution in [0.15, 0.2) is 18.6 Å². The second kappa shape index (κ2) is 8.04. The molecule has 0 radical (unpaired) electrons. The highest BCUT2D eigenvalue weighted by Gasteiger charge is 2.19. The van der Waals surface area contributed by atoms with Crippen molar-refractivity contribution in [3.05, 3.63) is 35.7 Å². The number of ether oxygens (including phenoxy) is 1. The van der Waals surface area contributed by atoms with E-state index in [0.29, 0.717) is 31.3 Å². The number of aromatic nitrogens is 4. The lowest BCUT2D eigenvalue weighted by Crippen LogP contribution is -2.37. The zero-order chi connectivity index (χ0) is 17.6. The first kappa shape index (κ1) is 17.3. The highest BCUT2D eigenvalue weighted by atomic mass is 16.5. The van der Waals surface area contributed by atoms with Crippen molar-refractivity contribution in [3.8, 4) is 0 Å². The van der Waals surface area contributed by atoms with Gasteiger partial charge >= 0.3 is 0 Å². The molecule has 134 valence electrons. The van der Waals surface area contributed by atoms with Gasteiger partial charge in [-0.2, -0.15) is 0 Å². The number of hydrogen-bond acceptors (Lipinski definition) is 7. The fourth-order valence-corrected chi connectivity index (χ4v) is 2.67. The Bertz CT molecular complexity index is 696. The second-order valence-corrected chi connectivity index (χ2v) is 5.82. The molecule has 0 spiro atoms. The van der Waals surface area contributed by atoms with Gasteiger partial charge in [0.05, 0.1) is 43.8 Å². The van der Waals surface area contributed by atoms with Gasteiger partial charge in [-0.25, -0.2) is 15.0 Å². The number of carbonyl (C=O) groups excluding carboxylic acids is 1. The predicted octanol–water partition coefficient (Wildman–Crippen LogP) is -0.0206. The Morgan fingerprint density at radius 2 is 2.00 bits per heavy atom. The fraction of sp³-hybridized carbons (Fsp3) is 0.500. The van der Waals surface area contributed by atoms with E-state index in [4.69, 9.17) is 4.74 Å². The van der Waals surface area contributed by atoms with Gasteiger partial charge in [0.15, 0.2) is 0 Å². The number of hydrogen-bond donors (Lipinski definition) is 2. The molecule has 3 heterocycles. The molecule has 1 amide bonds. The van der Waals surface area contributed by atoms with Gasteiger partial charge in [-0.05, 0) is 6.92 Å². The number of H-pyrrole nitrogens is 1. The number of anilines is 1. The quantitative estimate of drug-likeness (QED) is 0.757. The van der Waals surface area contributed by atoms with Crippen molar-refractivity contribution in [3.63, 3.8) is 0 Å². The maximum atomic E-state index is 12.7. The van der Waals surface area contributed by atoms with Crippen molar-refractivity contribution < 1.29 is 14.6 Å². The van der Waals surface area contributed by atoms with Gasteiger partial charge in [-0.15, -0.1) is 0 Å². The predicted molar refractivity (Wildman–Crippen MR) is 90.2 cm³/mol. The number of imidazole rings is 1. The molecular formula is C16H22N6O3. The molecule has 1 aliphatic rings. The lowest BCUT2D eigenvalue weighted by molar-refractivity contribution is 0.0704. The normalized spacial score (nSPS) is 14.6. The smallest absolute Gasteiger partial charge is 0.257 e. The summed E-state index contributed by atoms with van der Waals surface area (Å²) in [6.45, 7) is 5.07. The summed E-state index contributed by atoms with van der Waals surface area (Å²) in [6.07, 6.45) is 4.75. The van der Waals surface area contributed by atoms with Crippen molar-refractivity contribution in [2.75, 3.05) is 44.4 Å². The van der Waals surface area contributed by atoms with Crippen LogP contribution < -0.4 is 4.90 Å². The largest absolute Gasteiger partial charge is 0.395 e. The molecule has 1 fully saturated rings. The maximum absolute atomic E-state index is 12.7. The average molecular weight is 346 g/mol. The molecule has 2 aromatic heterocycles.